The summed E-state index contributed by atoms with van der Waals surface area (Å²) in [6.45, 7) is 0.183. The van der Waals surface area contributed by atoms with Gasteiger partial charge in [0.05, 0.1) is 6.10 Å². The van der Waals surface area contributed by atoms with E-state index in [4.69, 9.17) is 5.11 Å². The Kier molecular flexibility index (Phi) is 5.84. The first-order valence-corrected chi connectivity index (χ1v) is 5.99. The van der Waals surface area contributed by atoms with Crippen molar-refractivity contribution in [2.45, 2.75) is 25.0 Å². The second kappa shape index (κ2) is 6.91. The Balaban J connectivity index is 2.63. The number of hydrogen-bond donors (Lipinski definition) is 4. The smallest absolute Gasteiger partial charge is 0.106 e. The van der Waals surface area contributed by atoms with Crippen LogP contribution in [0.3, 0.4) is 0 Å². The molecule has 1 rings (SSSR count). The maximum Gasteiger partial charge on any atom is 0.106 e. The quantitative estimate of drug-likeness (QED) is 0.561. The van der Waals surface area contributed by atoms with Gasteiger partial charge in [0.25, 0.3) is 0 Å². The molecule has 16 heavy (non-hydrogen) atoms. The molecule has 3 N–H and O–H groups in total. The van der Waals surface area contributed by atoms with Gasteiger partial charge >= 0.3 is 0 Å². The van der Waals surface area contributed by atoms with Crippen LogP contribution < -0.4 is 0 Å². The van der Waals surface area contributed by atoms with E-state index < -0.39 is 12.2 Å². The molecule has 0 fully saturated rings. The summed E-state index contributed by atoms with van der Waals surface area (Å²) >= 11 is 3.93. The van der Waals surface area contributed by atoms with Gasteiger partial charge in [-0.15, -0.1) is 0 Å². The summed E-state index contributed by atoms with van der Waals surface area (Å²) < 4.78 is 0. The third kappa shape index (κ3) is 3.79. The normalized spacial score (nSPS) is 14.8. The fourth-order valence-electron chi connectivity index (χ4n) is 1.49. The molecule has 0 radical (unpaired) electrons. The lowest BCUT2D eigenvalue weighted by molar-refractivity contribution is 0.0337. The van der Waals surface area contributed by atoms with E-state index in [0.29, 0.717) is 5.56 Å². The Labute approximate surface area is 101 Å². The molecule has 0 aliphatic heterocycles. The number of aryl methyl sites for hydroxylation is 1. The predicted molar refractivity (Wildman–Crippen MR) is 66.7 cm³/mol. The summed E-state index contributed by atoms with van der Waals surface area (Å²) in [5.41, 5.74) is 1.81. The maximum absolute atomic E-state index is 9.72. The molecule has 0 amide bonds. The van der Waals surface area contributed by atoms with Crippen LogP contribution in [0.5, 0.6) is 0 Å². The number of hydrogen-bond acceptors (Lipinski definition) is 4. The van der Waals surface area contributed by atoms with E-state index in [1.165, 1.54) is 0 Å². The van der Waals surface area contributed by atoms with Crippen molar-refractivity contribution in [1.29, 1.82) is 0 Å². The number of aliphatic hydroxyl groups excluding tert-OH is 3. The van der Waals surface area contributed by atoms with E-state index in [9.17, 15) is 10.2 Å². The van der Waals surface area contributed by atoms with Gasteiger partial charge in [-0.05, 0) is 24.0 Å². The van der Waals surface area contributed by atoms with Crippen molar-refractivity contribution in [1.82, 2.24) is 0 Å². The fourth-order valence-corrected chi connectivity index (χ4v) is 1.69. The Bertz CT molecular complexity index is 300. The SMILES string of the molecule is OCCCc1ccc(C(O)C(O)CS)cc1. The number of aliphatic hydroxyl groups is 3. The van der Waals surface area contributed by atoms with Crippen LogP contribution >= 0.6 is 12.6 Å². The van der Waals surface area contributed by atoms with E-state index in [-0.39, 0.29) is 12.4 Å². The Hall–Kier alpha value is -0.550. The molecule has 1 aromatic rings. The van der Waals surface area contributed by atoms with E-state index in [1.54, 1.807) is 12.1 Å². The molecule has 0 saturated carbocycles. The van der Waals surface area contributed by atoms with E-state index in [1.807, 2.05) is 12.1 Å². The van der Waals surface area contributed by atoms with Gasteiger partial charge in [0.1, 0.15) is 6.10 Å². The standard InChI is InChI=1S/C12H18O3S/c13-7-1-2-9-3-5-10(6-4-9)12(15)11(14)8-16/h3-6,11-16H,1-2,7-8H2. The van der Waals surface area contributed by atoms with Crippen LogP contribution in [0.1, 0.15) is 23.7 Å². The van der Waals surface area contributed by atoms with Crippen molar-refractivity contribution in [3.05, 3.63) is 35.4 Å². The van der Waals surface area contributed by atoms with E-state index in [2.05, 4.69) is 12.6 Å². The molecule has 3 nitrogen and oxygen atoms in total. The minimum atomic E-state index is -0.885. The van der Waals surface area contributed by atoms with Crippen LogP contribution in [0.4, 0.5) is 0 Å². The molecule has 0 aliphatic carbocycles. The van der Waals surface area contributed by atoms with Crippen molar-refractivity contribution in [2.75, 3.05) is 12.4 Å². The van der Waals surface area contributed by atoms with Gasteiger partial charge in [-0.25, -0.2) is 0 Å². The van der Waals surface area contributed by atoms with Gasteiger partial charge in [-0.1, -0.05) is 24.3 Å². The zero-order chi connectivity index (χ0) is 12.0. The molecule has 2 unspecified atom stereocenters. The molecule has 4 heteroatoms. The highest BCUT2D eigenvalue weighted by Crippen LogP contribution is 2.18. The van der Waals surface area contributed by atoms with Crippen LogP contribution in [-0.4, -0.2) is 33.8 Å². The van der Waals surface area contributed by atoms with Crippen molar-refractivity contribution in [3.63, 3.8) is 0 Å². The topological polar surface area (TPSA) is 60.7 Å². The van der Waals surface area contributed by atoms with Crippen molar-refractivity contribution >= 4 is 12.6 Å². The van der Waals surface area contributed by atoms with Gasteiger partial charge in [0.2, 0.25) is 0 Å². The number of benzene rings is 1. The van der Waals surface area contributed by atoms with E-state index in [0.717, 1.165) is 18.4 Å². The summed E-state index contributed by atoms with van der Waals surface area (Å²) in [5.74, 6) is 0.230. The van der Waals surface area contributed by atoms with Crippen LogP contribution in [-0.2, 0) is 6.42 Å². The molecule has 0 spiro atoms. The van der Waals surface area contributed by atoms with Crippen molar-refractivity contribution < 1.29 is 15.3 Å². The Morgan fingerprint density at radius 2 is 1.75 bits per heavy atom. The minimum Gasteiger partial charge on any atom is -0.396 e. The van der Waals surface area contributed by atoms with Crippen molar-refractivity contribution in [3.8, 4) is 0 Å². The second-order valence-electron chi connectivity index (χ2n) is 3.76. The molecule has 90 valence electrons. The minimum absolute atomic E-state index is 0.183. The van der Waals surface area contributed by atoms with Gasteiger partial charge in [0, 0.05) is 12.4 Å². The van der Waals surface area contributed by atoms with Gasteiger partial charge < -0.3 is 15.3 Å². The zero-order valence-electron chi connectivity index (χ0n) is 9.08. The maximum atomic E-state index is 9.72. The van der Waals surface area contributed by atoms with Gasteiger partial charge in [-0.3, -0.25) is 0 Å². The monoisotopic (exact) mass is 242 g/mol. The molecule has 2 atom stereocenters. The summed E-state index contributed by atoms with van der Waals surface area (Å²) in [6, 6.07) is 7.40. The highest BCUT2D eigenvalue weighted by Gasteiger charge is 2.16. The lowest BCUT2D eigenvalue weighted by Gasteiger charge is -2.16. The third-order valence-corrected chi connectivity index (χ3v) is 2.87. The molecule has 0 aliphatic rings. The number of thiol groups is 1. The highest BCUT2D eigenvalue weighted by molar-refractivity contribution is 7.80. The van der Waals surface area contributed by atoms with Crippen LogP contribution in [0.15, 0.2) is 24.3 Å². The molecule has 0 aromatic heterocycles. The Morgan fingerprint density at radius 1 is 1.12 bits per heavy atom. The molecular weight excluding hydrogens is 224 g/mol. The fraction of sp³-hybridized carbons (Fsp3) is 0.500. The third-order valence-electron chi connectivity index (χ3n) is 2.50. The molecule has 1 aromatic carbocycles. The summed E-state index contributed by atoms with van der Waals surface area (Å²) in [4.78, 5) is 0. The van der Waals surface area contributed by atoms with Crippen LogP contribution in [0.25, 0.3) is 0 Å². The summed E-state index contributed by atoms with van der Waals surface area (Å²) in [5, 5.41) is 27.8. The first-order chi connectivity index (χ1) is 7.69. The molecule has 0 saturated heterocycles. The number of rotatable bonds is 6. The molecule has 0 heterocycles. The van der Waals surface area contributed by atoms with Crippen LogP contribution in [0.2, 0.25) is 0 Å². The molecular formula is C12H18O3S. The van der Waals surface area contributed by atoms with Crippen molar-refractivity contribution in [2.24, 2.45) is 0 Å². The zero-order valence-corrected chi connectivity index (χ0v) is 9.98. The average molecular weight is 242 g/mol. The van der Waals surface area contributed by atoms with Gasteiger partial charge in [0.15, 0.2) is 0 Å². The summed E-state index contributed by atoms with van der Waals surface area (Å²) in [6.07, 6.45) is -0.167. The lowest BCUT2D eigenvalue weighted by atomic mass is 10.0. The first-order valence-electron chi connectivity index (χ1n) is 5.35. The van der Waals surface area contributed by atoms with E-state index >= 15 is 0 Å². The highest BCUT2D eigenvalue weighted by atomic mass is 32.1. The molecule has 0 bridgehead atoms. The van der Waals surface area contributed by atoms with Crippen LogP contribution in [0, 0.1) is 0 Å². The second-order valence-corrected chi connectivity index (χ2v) is 4.13. The first kappa shape index (κ1) is 13.5. The largest absolute Gasteiger partial charge is 0.396 e. The summed E-state index contributed by atoms with van der Waals surface area (Å²) in [7, 11) is 0. The average Bonchev–Trinajstić information content (AvgIpc) is 2.35. The van der Waals surface area contributed by atoms with Gasteiger partial charge in [-0.2, -0.15) is 12.6 Å². The predicted octanol–water partition coefficient (Wildman–Crippen LogP) is 0.936. The Morgan fingerprint density at radius 3 is 2.25 bits per heavy atom. The lowest BCUT2D eigenvalue weighted by Crippen LogP contribution is -2.19.